The smallest absolute Gasteiger partial charge is 0.388 e. The molecule has 4 aliphatic rings. The lowest BCUT2D eigenvalue weighted by Crippen LogP contribution is -2.71. The van der Waals surface area contributed by atoms with Gasteiger partial charge in [0.1, 0.15) is 17.7 Å². The van der Waals surface area contributed by atoms with E-state index in [9.17, 15) is 24.4 Å². The number of fused-ring (bicyclic) bond motifs is 2. The number of amides is 2. The quantitative estimate of drug-likeness (QED) is 0.143. The van der Waals surface area contributed by atoms with Crippen LogP contribution in [0.3, 0.4) is 0 Å². The van der Waals surface area contributed by atoms with Crippen molar-refractivity contribution in [3.05, 3.63) is 12.3 Å². The molecule has 0 aromatic heterocycles. The predicted octanol–water partition coefficient (Wildman–Crippen LogP) is 0.320. The number of carbonyl (C=O) groups excluding carboxylic acids is 2. The van der Waals surface area contributed by atoms with Gasteiger partial charge in [-0.15, -0.1) is 0 Å². The Labute approximate surface area is 187 Å². The molecule has 2 bridgehead atoms. The van der Waals surface area contributed by atoms with Gasteiger partial charge in [-0.25, -0.2) is 4.57 Å². The van der Waals surface area contributed by atoms with E-state index in [1.54, 1.807) is 4.90 Å². The first-order valence-corrected chi connectivity index (χ1v) is 12.7. The molecule has 0 aromatic rings. The van der Waals surface area contributed by atoms with Gasteiger partial charge in [-0.2, -0.15) is 0 Å². The van der Waals surface area contributed by atoms with Crippen LogP contribution in [0.4, 0.5) is 0 Å². The number of β-lactam (4-membered cyclic amide) rings is 1. The van der Waals surface area contributed by atoms with E-state index in [0.29, 0.717) is 19.4 Å². The number of hydrogen-bond acceptors (Lipinski definition) is 7. The van der Waals surface area contributed by atoms with Gasteiger partial charge < -0.3 is 35.0 Å². The summed E-state index contributed by atoms with van der Waals surface area (Å²) in [5.41, 5.74) is -0.732. The monoisotopic (exact) mass is 476 g/mol. The van der Waals surface area contributed by atoms with Gasteiger partial charge in [0.25, 0.3) is 5.91 Å². The van der Waals surface area contributed by atoms with Crippen LogP contribution in [0, 0.1) is 0 Å². The first-order valence-electron chi connectivity index (χ1n) is 11.1. The summed E-state index contributed by atoms with van der Waals surface area (Å²) in [6.07, 6.45) is 6.42. The van der Waals surface area contributed by atoms with Crippen LogP contribution in [-0.4, -0.2) is 79.8 Å². The van der Waals surface area contributed by atoms with E-state index in [2.05, 4.69) is 9.84 Å². The Morgan fingerprint density at radius 3 is 2.34 bits per heavy atom. The first kappa shape index (κ1) is 25.3. The number of hydrogen-bond donors (Lipinski definition) is 5. The maximum Gasteiger partial charge on any atom is 0.469 e. The molecule has 11 nitrogen and oxygen atoms in total. The SMILES string of the molecule is O=C1C=CN2CC(CCCCCCCCC3OC(CCOP(=O)(O)O)C(O)C3O)(N1)C2=O. The average molecular weight is 476 g/mol. The average Bonchev–Trinajstić information content (AvgIpc) is 2.85. The minimum Gasteiger partial charge on any atom is -0.388 e. The molecule has 4 rings (SSSR count). The lowest BCUT2D eigenvalue weighted by molar-refractivity contribution is -0.150. The third-order valence-corrected chi connectivity index (χ3v) is 6.86. The van der Waals surface area contributed by atoms with Crippen molar-refractivity contribution in [3.63, 3.8) is 0 Å². The molecule has 0 radical (unpaired) electrons. The van der Waals surface area contributed by atoms with Crippen LogP contribution >= 0.6 is 7.82 Å². The van der Waals surface area contributed by atoms with Crippen LogP contribution in [0.1, 0.15) is 57.8 Å². The molecule has 0 aromatic carbocycles. The van der Waals surface area contributed by atoms with E-state index in [-0.39, 0.29) is 24.8 Å². The Bertz CT molecular complexity index is 757. The standard InChI is InChI=1S/C20H33N2O9P/c23-16-8-11-22-13-20(21-16,19(22)26)10-6-4-2-1-3-5-7-14-17(24)18(25)15(31-14)9-12-30-32(27,28)29/h8,11,14-15,17-18,24-25H,1-7,9-10,12-13H2,(H,21,23)(H2,27,28,29). The topological polar surface area (TPSA) is 166 Å². The summed E-state index contributed by atoms with van der Waals surface area (Å²) in [7, 11) is -4.56. The van der Waals surface area contributed by atoms with Crippen molar-refractivity contribution in [3.8, 4) is 0 Å². The highest BCUT2D eigenvalue weighted by atomic mass is 31.2. The van der Waals surface area contributed by atoms with E-state index in [1.807, 2.05) is 0 Å². The highest BCUT2D eigenvalue weighted by molar-refractivity contribution is 7.46. The van der Waals surface area contributed by atoms with E-state index >= 15 is 0 Å². The van der Waals surface area contributed by atoms with Gasteiger partial charge in [0.2, 0.25) is 5.91 Å². The van der Waals surface area contributed by atoms with Crippen LogP contribution in [0.2, 0.25) is 0 Å². The summed E-state index contributed by atoms with van der Waals surface area (Å²) in [5, 5.41) is 23.0. The highest BCUT2D eigenvalue weighted by Gasteiger charge is 2.52. The summed E-state index contributed by atoms with van der Waals surface area (Å²) in [6.45, 7) is 0.270. The number of phosphoric ester groups is 1. The minimum atomic E-state index is -4.56. The van der Waals surface area contributed by atoms with E-state index in [1.165, 1.54) is 12.3 Å². The number of aliphatic hydroxyl groups is 2. The van der Waals surface area contributed by atoms with Gasteiger partial charge >= 0.3 is 7.82 Å². The Morgan fingerprint density at radius 2 is 1.69 bits per heavy atom. The lowest BCUT2D eigenvalue weighted by atomic mass is 9.83. The molecule has 5 unspecified atom stereocenters. The molecule has 5 N–H and O–H groups in total. The Hall–Kier alpha value is -1.33. The fraction of sp³-hybridized carbons (Fsp3) is 0.800. The van der Waals surface area contributed by atoms with E-state index < -0.39 is 37.8 Å². The fourth-order valence-electron chi connectivity index (χ4n) is 4.58. The number of phosphoric acid groups is 1. The zero-order chi connectivity index (χ0) is 23.4. The number of unbranched alkanes of at least 4 members (excludes halogenated alkanes) is 5. The molecule has 0 spiro atoms. The molecule has 2 amide bonds. The van der Waals surface area contributed by atoms with Gasteiger partial charge in [0, 0.05) is 18.7 Å². The molecule has 4 heterocycles. The summed E-state index contributed by atoms with van der Waals surface area (Å²) in [6, 6.07) is 0. The largest absolute Gasteiger partial charge is 0.469 e. The number of nitrogens with one attached hydrogen (secondary N) is 1. The molecule has 32 heavy (non-hydrogen) atoms. The van der Waals surface area contributed by atoms with Crippen LogP contribution in [0.25, 0.3) is 0 Å². The molecule has 182 valence electrons. The second-order valence-electron chi connectivity index (χ2n) is 8.79. The number of aliphatic hydroxyl groups excluding tert-OH is 2. The molecule has 0 saturated carbocycles. The Kier molecular flexibility index (Phi) is 8.48. The first-order chi connectivity index (χ1) is 15.1. The third-order valence-electron chi connectivity index (χ3n) is 6.34. The summed E-state index contributed by atoms with van der Waals surface area (Å²) < 4.78 is 20.7. The summed E-state index contributed by atoms with van der Waals surface area (Å²) in [5.74, 6) is -0.264. The van der Waals surface area contributed by atoms with Gasteiger partial charge in [-0.3, -0.25) is 14.1 Å². The van der Waals surface area contributed by atoms with Crippen LogP contribution < -0.4 is 5.32 Å². The summed E-state index contributed by atoms with van der Waals surface area (Å²) in [4.78, 5) is 42.8. The van der Waals surface area contributed by atoms with Gasteiger partial charge in [0.15, 0.2) is 0 Å². The zero-order valence-electron chi connectivity index (χ0n) is 18.0. The van der Waals surface area contributed by atoms with Crippen molar-refractivity contribution in [1.82, 2.24) is 10.2 Å². The van der Waals surface area contributed by atoms with Crippen LogP contribution in [-0.2, 0) is 23.4 Å². The second kappa shape index (κ2) is 10.7. The molecule has 0 aliphatic carbocycles. The van der Waals surface area contributed by atoms with Crippen molar-refractivity contribution in [2.24, 2.45) is 0 Å². The number of rotatable bonds is 13. The van der Waals surface area contributed by atoms with Gasteiger partial charge in [0.05, 0.1) is 25.4 Å². The van der Waals surface area contributed by atoms with Crippen molar-refractivity contribution < 1.29 is 43.4 Å². The Balaban J connectivity index is 1.24. The number of carbonyl (C=O) groups is 2. The molecule has 5 atom stereocenters. The predicted molar refractivity (Wildman–Crippen MR) is 112 cm³/mol. The Morgan fingerprint density at radius 1 is 1.06 bits per heavy atom. The molecular formula is C20H33N2O9P. The van der Waals surface area contributed by atoms with Crippen molar-refractivity contribution in [2.75, 3.05) is 13.2 Å². The van der Waals surface area contributed by atoms with Gasteiger partial charge in [-0.1, -0.05) is 38.5 Å². The van der Waals surface area contributed by atoms with Gasteiger partial charge in [-0.05, 0) is 12.8 Å². The van der Waals surface area contributed by atoms with E-state index in [0.717, 1.165) is 38.5 Å². The maximum absolute atomic E-state index is 12.2. The van der Waals surface area contributed by atoms with Crippen molar-refractivity contribution in [1.29, 1.82) is 0 Å². The van der Waals surface area contributed by atoms with Crippen molar-refractivity contribution >= 4 is 19.6 Å². The summed E-state index contributed by atoms with van der Waals surface area (Å²) >= 11 is 0. The fourth-order valence-corrected chi connectivity index (χ4v) is 4.92. The molecule has 2 saturated heterocycles. The van der Waals surface area contributed by atoms with Crippen LogP contribution in [0.5, 0.6) is 0 Å². The lowest BCUT2D eigenvalue weighted by Gasteiger charge is -2.45. The molecule has 12 heteroatoms. The number of ether oxygens (including phenoxy) is 1. The minimum absolute atomic E-state index is 0.0384. The maximum atomic E-state index is 12.2. The van der Waals surface area contributed by atoms with Crippen LogP contribution in [0.15, 0.2) is 12.3 Å². The molecule has 2 fully saturated rings. The second-order valence-corrected chi connectivity index (χ2v) is 10.0. The van der Waals surface area contributed by atoms with Crippen molar-refractivity contribution in [2.45, 2.75) is 87.7 Å². The molecule has 4 aliphatic heterocycles. The van der Waals surface area contributed by atoms with E-state index in [4.69, 9.17) is 14.5 Å². The molecular weight excluding hydrogens is 443 g/mol. The zero-order valence-corrected chi connectivity index (χ0v) is 18.9. The highest BCUT2D eigenvalue weighted by Crippen LogP contribution is 2.37. The number of nitrogens with zero attached hydrogens (tertiary/aromatic N) is 1. The third kappa shape index (κ3) is 6.38. The normalized spacial score (nSPS) is 32.1.